The molecular weight excluding hydrogens is 226 g/mol. The summed E-state index contributed by atoms with van der Waals surface area (Å²) in [5.41, 5.74) is 10.2. The predicted molar refractivity (Wildman–Crippen MR) is 75.5 cm³/mol. The average molecular weight is 245 g/mol. The monoisotopic (exact) mass is 245 g/mol. The molecule has 17 heavy (non-hydrogen) atoms. The van der Waals surface area contributed by atoms with E-state index < -0.39 is 0 Å². The van der Waals surface area contributed by atoms with Crippen LogP contribution >= 0.6 is 11.3 Å². The average Bonchev–Trinajstić information content (AvgIpc) is 2.74. The lowest BCUT2D eigenvalue weighted by molar-refractivity contribution is 0.659. The van der Waals surface area contributed by atoms with E-state index in [1.165, 1.54) is 21.6 Å². The Hall–Kier alpha value is -1.12. The van der Waals surface area contributed by atoms with Crippen molar-refractivity contribution in [2.24, 2.45) is 5.73 Å². The number of nitrogens with two attached hydrogens (primary N) is 1. The molecule has 2 N–H and O–H groups in total. The summed E-state index contributed by atoms with van der Waals surface area (Å²) >= 11 is 1.77. The predicted octanol–water partition coefficient (Wildman–Crippen LogP) is 4.00. The van der Waals surface area contributed by atoms with E-state index in [1.807, 2.05) is 0 Å². The highest BCUT2D eigenvalue weighted by Gasteiger charge is 2.10. The van der Waals surface area contributed by atoms with Gasteiger partial charge in [0.25, 0.3) is 0 Å². The van der Waals surface area contributed by atoms with Gasteiger partial charge in [-0.15, -0.1) is 11.3 Å². The standard InChI is InChI=1S/C15H19NS/c1-11-3-5-13(6-4-11)7-8-14(16)15-12(2)9-10-17-15/h3-6,9-10,14H,7-8,16H2,1-2H3. The SMILES string of the molecule is Cc1ccc(CCC(N)c2sccc2C)cc1. The van der Waals surface area contributed by atoms with Crippen molar-refractivity contribution in [2.75, 3.05) is 0 Å². The zero-order valence-corrected chi connectivity index (χ0v) is 11.3. The van der Waals surface area contributed by atoms with Crippen molar-refractivity contribution in [3.8, 4) is 0 Å². The number of rotatable bonds is 4. The minimum absolute atomic E-state index is 0.177. The largest absolute Gasteiger partial charge is 0.323 e. The summed E-state index contributed by atoms with van der Waals surface area (Å²) < 4.78 is 0. The molecule has 0 saturated heterocycles. The highest BCUT2D eigenvalue weighted by molar-refractivity contribution is 7.10. The van der Waals surface area contributed by atoms with Gasteiger partial charge in [-0.2, -0.15) is 0 Å². The fourth-order valence-electron chi connectivity index (χ4n) is 1.97. The number of hydrogen-bond acceptors (Lipinski definition) is 2. The van der Waals surface area contributed by atoms with Crippen LogP contribution in [0.1, 0.15) is 34.0 Å². The van der Waals surface area contributed by atoms with Crippen LogP contribution in [-0.2, 0) is 6.42 Å². The Morgan fingerprint density at radius 3 is 2.41 bits per heavy atom. The van der Waals surface area contributed by atoms with Crippen LogP contribution in [0.3, 0.4) is 0 Å². The zero-order valence-electron chi connectivity index (χ0n) is 10.4. The highest BCUT2D eigenvalue weighted by Crippen LogP contribution is 2.25. The third-order valence-corrected chi connectivity index (χ3v) is 4.25. The first-order valence-corrected chi connectivity index (χ1v) is 6.90. The van der Waals surface area contributed by atoms with Gasteiger partial charge in [0.2, 0.25) is 0 Å². The van der Waals surface area contributed by atoms with Crippen LogP contribution in [0.5, 0.6) is 0 Å². The smallest absolute Gasteiger partial charge is 0.0395 e. The second-order valence-electron chi connectivity index (χ2n) is 4.60. The molecule has 1 unspecified atom stereocenters. The topological polar surface area (TPSA) is 26.0 Å². The van der Waals surface area contributed by atoms with Gasteiger partial charge in [-0.1, -0.05) is 29.8 Å². The third kappa shape index (κ3) is 3.18. The summed E-state index contributed by atoms with van der Waals surface area (Å²) in [5.74, 6) is 0. The zero-order chi connectivity index (χ0) is 12.3. The van der Waals surface area contributed by atoms with Gasteiger partial charge in [0, 0.05) is 10.9 Å². The van der Waals surface area contributed by atoms with Crippen LogP contribution < -0.4 is 5.73 Å². The van der Waals surface area contributed by atoms with E-state index in [0.717, 1.165) is 12.8 Å². The molecule has 1 atom stereocenters. The molecule has 0 aliphatic rings. The number of hydrogen-bond donors (Lipinski definition) is 1. The summed E-state index contributed by atoms with van der Waals surface area (Å²) in [4.78, 5) is 1.33. The Balaban J connectivity index is 1.94. The maximum Gasteiger partial charge on any atom is 0.0395 e. The summed E-state index contributed by atoms with van der Waals surface area (Å²) in [6, 6.07) is 11.0. The van der Waals surface area contributed by atoms with E-state index in [1.54, 1.807) is 11.3 Å². The molecule has 2 heteroatoms. The van der Waals surface area contributed by atoms with E-state index in [-0.39, 0.29) is 6.04 Å². The molecule has 0 bridgehead atoms. The summed E-state index contributed by atoms with van der Waals surface area (Å²) in [6.45, 7) is 4.25. The first kappa shape index (κ1) is 12.3. The van der Waals surface area contributed by atoms with Crippen LogP contribution in [0.2, 0.25) is 0 Å². The van der Waals surface area contributed by atoms with Gasteiger partial charge < -0.3 is 5.73 Å². The Morgan fingerprint density at radius 1 is 1.12 bits per heavy atom. The quantitative estimate of drug-likeness (QED) is 0.865. The van der Waals surface area contributed by atoms with Gasteiger partial charge in [-0.05, 0) is 49.3 Å². The Kier molecular flexibility index (Phi) is 3.97. The third-order valence-electron chi connectivity index (χ3n) is 3.10. The summed E-state index contributed by atoms with van der Waals surface area (Å²) in [5, 5.41) is 2.12. The van der Waals surface area contributed by atoms with Crippen LogP contribution in [0.15, 0.2) is 35.7 Å². The van der Waals surface area contributed by atoms with Gasteiger partial charge in [-0.3, -0.25) is 0 Å². The molecule has 2 aromatic rings. The maximum atomic E-state index is 6.23. The van der Waals surface area contributed by atoms with Crippen LogP contribution in [0, 0.1) is 13.8 Å². The Morgan fingerprint density at radius 2 is 1.82 bits per heavy atom. The lowest BCUT2D eigenvalue weighted by Gasteiger charge is -2.11. The minimum Gasteiger partial charge on any atom is -0.323 e. The van der Waals surface area contributed by atoms with Crippen LogP contribution in [0.4, 0.5) is 0 Å². The van der Waals surface area contributed by atoms with E-state index in [9.17, 15) is 0 Å². The van der Waals surface area contributed by atoms with Crippen molar-refractivity contribution in [3.63, 3.8) is 0 Å². The molecule has 0 radical (unpaired) electrons. The number of aryl methyl sites for hydroxylation is 3. The second kappa shape index (κ2) is 5.48. The van der Waals surface area contributed by atoms with E-state index >= 15 is 0 Å². The molecule has 2 rings (SSSR count). The first-order chi connectivity index (χ1) is 8.16. The normalized spacial score (nSPS) is 12.6. The lowest BCUT2D eigenvalue weighted by Crippen LogP contribution is -2.10. The first-order valence-electron chi connectivity index (χ1n) is 6.02. The molecule has 0 aliphatic heterocycles. The summed E-state index contributed by atoms with van der Waals surface area (Å²) in [6.07, 6.45) is 2.07. The second-order valence-corrected chi connectivity index (χ2v) is 5.55. The van der Waals surface area contributed by atoms with Crippen molar-refractivity contribution in [1.29, 1.82) is 0 Å². The molecule has 1 nitrogen and oxygen atoms in total. The van der Waals surface area contributed by atoms with E-state index in [2.05, 4.69) is 49.6 Å². The fraction of sp³-hybridized carbons (Fsp3) is 0.333. The van der Waals surface area contributed by atoms with E-state index in [0.29, 0.717) is 0 Å². The van der Waals surface area contributed by atoms with Gasteiger partial charge in [-0.25, -0.2) is 0 Å². The molecule has 0 spiro atoms. The maximum absolute atomic E-state index is 6.23. The van der Waals surface area contributed by atoms with E-state index in [4.69, 9.17) is 5.73 Å². The molecule has 0 amide bonds. The molecule has 0 fully saturated rings. The number of benzene rings is 1. The highest BCUT2D eigenvalue weighted by atomic mass is 32.1. The van der Waals surface area contributed by atoms with Crippen molar-refractivity contribution >= 4 is 11.3 Å². The van der Waals surface area contributed by atoms with Crippen molar-refractivity contribution < 1.29 is 0 Å². The molecule has 1 heterocycles. The molecule has 90 valence electrons. The van der Waals surface area contributed by atoms with Gasteiger partial charge in [0.05, 0.1) is 0 Å². The van der Waals surface area contributed by atoms with Crippen molar-refractivity contribution in [3.05, 3.63) is 57.3 Å². The molecule has 0 aliphatic carbocycles. The van der Waals surface area contributed by atoms with Crippen LogP contribution in [-0.4, -0.2) is 0 Å². The number of thiophene rings is 1. The summed E-state index contributed by atoms with van der Waals surface area (Å²) in [7, 11) is 0. The molecule has 1 aromatic heterocycles. The molecule has 0 saturated carbocycles. The van der Waals surface area contributed by atoms with Gasteiger partial charge in [0.1, 0.15) is 0 Å². The van der Waals surface area contributed by atoms with Gasteiger partial charge in [0.15, 0.2) is 0 Å². The molecular formula is C15H19NS. The van der Waals surface area contributed by atoms with Gasteiger partial charge >= 0.3 is 0 Å². The Labute approximate surface area is 107 Å². The fourth-order valence-corrected chi connectivity index (χ4v) is 2.94. The van der Waals surface area contributed by atoms with Crippen LogP contribution in [0.25, 0.3) is 0 Å². The van der Waals surface area contributed by atoms with Crippen molar-refractivity contribution in [1.82, 2.24) is 0 Å². The van der Waals surface area contributed by atoms with Crippen molar-refractivity contribution in [2.45, 2.75) is 32.7 Å². The minimum atomic E-state index is 0.177. The lowest BCUT2D eigenvalue weighted by atomic mass is 10.0. The Bertz CT molecular complexity index is 470. The molecule has 1 aromatic carbocycles.